The Morgan fingerprint density at radius 2 is 2.12 bits per heavy atom. The predicted octanol–water partition coefficient (Wildman–Crippen LogP) is 0.896. The Hall–Kier alpha value is -2.17. The first kappa shape index (κ1) is 10.4. The number of para-hydroxylation sites is 1. The number of fused-ring (bicyclic) bond motifs is 1. The van der Waals surface area contributed by atoms with Gasteiger partial charge in [0, 0.05) is 6.42 Å². The van der Waals surface area contributed by atoms with E-state index >= 15 is 0 Å². The summed E-state index contributed by atoms with van der Waals surface area (Å²) in [6, 6.07) is 6.00. The molecule has 0 bridgehead atoms. The van der Waals surface area contributed by atoms with Crippen LogP contribution >= 0.6 is 0 Å². The summed E-state index contributed by atoms with van der Waals surface area (Å²) in [4.78, 5) is 27.3. The zero-order valence-electron chi connectivity index (χ0n) is 8.68. The summed E-state index contributed by atoms with van der Waals surface area (Å²) < 4.78 is 0.863. The molecule has 0 saturated carbocycles. The highest BCUT2D eigenvalue weighted by molar-refractivity contribution is 5.83. The lowest BCUT2D eigenvalue weighted by atomic mass is 10.2. The molecule has 0 saturated heterocycles. The lowest BCUT2D eigenvalue weighted by Crippen LogP contribution is -2.34. The Balaban J connectivity index is 2.94. The average Bonchev–Trinajstić information content (AvgIpc) is 2.28. The van der Waals surface area contributed by atoms with Gasteiger partial charge in [-0.1, -0.05) is 19.1 Å². The van der Waals surface area contributed by atoms with E-state index in [-0.39, 0.29) is 5.82 Å². The maximum Gasteiger partial charge on any atom is 0.327 e. The Kier molecular flexibility index (Phi) is 2.44. The van der Waals surface area contributed by atoms with E-state index in [0.717, 1.165) is 4.57 Å². The largest absolute Gasteiger partial charge is 0.351 e. The van der Waals surface area contributed by atoms with Gasteiger partial charge in [-0.25, -0.2) is 14.3 Å². The van der Waals surface area contributed by atoms with Gasteiger partial charge >= 0.3 is 6.03 Å². The molecule has 0 fully saturated rings. The zero-order chi connectivity index (χ0) is 11.7. The van der Waals surface area contributed by atoms with Gasteiger partial charge in [-0.3, -0.25) is 4.79 Å². The summed E-state index contributed by atoms with van der Waals surface area (Å²) in [5.74, 6) is 0.260. The molecule has 5 heteroatoms. The van der Waals surface area contributed by atoms with Crippen LogP contribution in [0.5, 0.6) is 0 Å². The molecule has 0 aliphatic carbocycles. The van der Waals surface area contributed by atoms with Gasteiger partial charge in [0.1, 0.15) is 5.82 Å². The smallest absolute Gasteiger partial charge is 0.327 e. The summed E-state index contributed by atoms with van der Waals surface area (Å²) in [7, 11) is 0. The van der Waals surface area contributed by atoms with Crippen molar-refractivity contribution in [2.24, 2.45) is 5.73 Å². The number of rotatable bonds is 1. The van der Waals surface area contributed by atoms with E-state index < -0.39 is 11.6 Å². The van der Waals surface area contributed by atoms with Gasteiger partial charge in [-0.2, -0.15) is 0 Å². The second-order valence-corrected chi connectivity index (χ2v) is 3.25. The molecule has 0 aliphatic heterocycles. The van der Waals surface area contributed by atoms with Crippen LogP contribution in [0.2, 0.25) is 0 Å². The van der Waals surface area contributed by atoms with Crippen molar-refractivity contribution < 1.29 is 4.79 Å². The first-order valence-electron chi connectivity index (χ1n) is 4.76. The molecule has 16 heavy (non-hydrogen) atoms. The third kappa shape index (κ3) is 1.46. The molecule has 0 spiro atoms. The lowest BCUT2D eigenvalue weighted by Gasteiger charge is -2.07. The van der Waals surface area contributed by atoms with Crippen LogP contribution in [0.25, 0.3) is 10.9 Å². The highest BCUT2D eigenvalue weighted by Gasteiger charge is 2.12. The minimum atomic E-state index is -0.823. The van der Waals surface area contributed by atoms with E-state index in [9.17, 15) is 9.59 Å². The van der Waals surface area contributed by atoms with Gasteiger partial charge in [-0.15, -0.1) is 0 Å². The van der Waals surface area contributed by atoms with Crippen LogP contribution in [0, 0.1) is 6.42 Å². The number of nitrogens with zero attached hydrogens (tertiary/aromatic N) is 2. The van der Waals surface area contributed by atoms with E-state index in [1.807, 2.05) is 0 Å². The first-order chi connectivity index (χ1) is 7.65. The second-order valence-electron chi connectivity index (χ2n) is 3.25. The Labute approximate surface area is 91.5 Å². The fourth-order valence-electron chi connectivity index (χ4n) is 1.56. The van der Waals surface area contributed by atoms with Gasteiger partial charge in [-0.05, 0) is 12.1 Å². The second kappa shape index (κ2) is 3.77. The van der Waals surface area contributed by atoms with E-state index in [0.29, 0.717) is 10.9 Å². The summed E-state index contributed by atoms with van der Waals surface area (Å²) in [6.45, 7) is 1.69. The predicted molar refractivity (Wildman–Crippen MR) is 60.1 cm³/mol. The molecular formula is C11H10N3O2. The van der Waals surface area contributed by atoms with E-state index in [4.69, 9.17) is 5.73 Å². The van der Waals surface area contributed by atoms with Crippen molar-refractivity contribution >= 4 is 16.9 Å². The number of benzene rings is 1. The first-order valence-corrected chi connectivity index (χ1v) is 4.76. The lowest BCUT2D eigenvalue weighted by molar-refractivity contribution is 0.249. The molecule has 1 radical (unpaired) electrons. The van der Waals surface area contributed by atoms with Crippen LogP contribution in [-0.2, 0) is 0 Å². The number of amides is 1. The van der Waals surface area contributed by atoms with Gasteiger partial charge in [0.25, 0.3) is 5.56 Å². The molecule has 2 rings (SSSR count). The molecule has 1 heterocycles. The van der Waals surface area contributed by atoms with Crippen LogP contribution in [0.15, 0.2) is 29.1 Å². The number of carbonyl (C=O) groups excluding carboxylic acids is 1. The van der Waals surface area contributed by atoms with Crippen molar-refractivity contribution in [2.45, 2.75) is 6.92 Å². The summed E-state index contributed by atoms with van der Waals surface area (Å²) in [6.07, 6.45) is 1.57. The minimum Gasteiger partial charge on any atom is -0.351 e. The molecular weight excluding hydrogens is 206 g/mol. The fourth-order valence-corrected chi connectivity index (χ4v) is 1.56. The Morgan fingerprint density at radius 3 is 2.75 bits per heavy atom. The molecule has 81 valence electrons. The van der Waals surface area contributed by atoms with Crippen molar-refractivity contribution in [1.82, 2.24) is 9.55 Å². The summed E-state index contributed by atoms with van der Waals surface area (Å²) >= 11 is 0. The molecule has 2 aromatic rings. The molecule has 5 nitrogen and oxygen atoms in total. The van der Waals surface area contributed by atoms with Crippen molar-refractivity contribution in [3.05, 3.63) is 46.9 Å². The van der Waals surface area contributed by atoms with Crippen LogP contribution in [0.3, 0.4) is 0 Å². The van der Waals surface area contributed by atoms with Crippen molar-refractivity contribution in [1.29, 1.82) is 0 Å². The van der Waals surface area contributed by atoms with Crippen molar-refractivity contribution in [2.75, 3.05) is 0 Å². The van der Waals surface area contributed by atoms with E-state index in [1.54, 1.807) is 37.6 Å². The summed E-state index contributed by atoms with van der Waals surface area (Å²) in [5.41, 5.74) is 5.26. The minimum absolute atomic E-state index is 0.260. The van der Waals surface area contributed by atoms with Crippen molar-refractivity contribution in [3.63, 3.8) is 0 Å². The average molecular weight is 216 g/mol. The van der Waals surface area contributed by atoms with E-state index in [1.165, 1.54) is 0 Å². The van der Waals surface area contributed by atoms with Gasteiger partial charge in [0.05, 0.1) is 10.9 Å². The zero-order valence-corrected chi connectivity index (χ0v) is 8.68. The third-order valence-corrected chi connectivity index (χ3v) is 2.28. The van der Waals surface area contributed by atoms with Crippen LogP contribution in [0.1, 0.15) is 12.7 Å². The highest BCUT2D eigenvalue weighted by Crippen LogP contribution is 2.08. The maximum absolute atomic E-state index is 12.0. The van der Waals surface area contributed by atoms with Gasteiger partial charge < -0.3 is 5.73 Å². The van der Waals surface area contributed by atoms with Gasteiger partial charge in [0.15, 0.2) is 0 Å². The van der Waals surface area contributed by atoms with Crippen LogP contribution < -0.4 is 11.3 Å². The molecule has 2 N–H and O–H groups in total. The quantitative estimate of drug-likeness (QED) is 0.769. The molecule has 1 amide bonds. The van der Waals surface area contributed by atoms with Crippen molar-refractivity contribution in [3.8, 4) is 0 Å². The van der Waals surface area contributed by atoms with Crippen LogP contribution in [0.4, 0.5) is 4.79 Å². The number of primary amides is 1. The van der Waals surface area contributed by atoms with E-state index in [2.05, 4.69) is 4.98 Å². The molecule has 0 unspecified atom stereocenters. The Morgan fingerprint density at radius 1 is 1.44 bits per heavy atom. The monoisotopic (exact) mass is 216 g/mol. The summed E-state index contributed by atoms with van der Waals surface area (Å²) in [5, 5.41) is 0.381. The molecule has 0 atom stereocenters. The maximum atomic E-state index is 12.0. The number of aromatic nitrogens is 2. The highest BCUT2D eigenvalue weighted by atomic mass is 16.2. The third-order valence-electron chi connectivity index (χ3n) is 2.28. The molecule has 1 aromatic heterocycles. The number of nitrogens with two attached hydrogens (primary N) is 1. The van der Waals surface area contributed by atoms with Crippen LogP contribution in [-0.4, -0.2) is 15.6 Å². The molecule has 1 aromatic carbocycles. The van der Waals surface area contributed by atoms with Gasteiger partial charge in [0.2, 0.25) is 0 Å². The molecule has 0 aliphatic rings. The number of hydrogen-bond donors (Lipinski definition) is 1. The Bertz CT molecular complexity index is 616. The SMILES string of the molecule is C[CH]c1nc2ccccc2c(=O)n1C(N)=O. The number of carbonyl (C=O) groups is 1. The fraction of sp³-hybridized carbons (Fsp3) is 0.0909. The standard InChI is InChI=1S/C11H10N3O2/c1-2-9-13-8-6-4-3-5-7(8)10(15)14(9)11(12)16/h2-6H,1H3,(H2,12,16). The normalized spacial score (nSPS) is 10.6. The topological polar surface area (TPSA) is 78.0 Å². The number of hydrogen-bond acceptors (Lipinski definition) is 3.